The van der Waals surface area contributed by atoms with Gasteiger partial charge in [-0.3, -0.25) is 4.79 Å². The normalized spacial score (nSPS) is 16.5. The minimum atomic E-state index is -0.342. The highest BCUT2D eigenvalue weighted by molar-refractivity contribution is 5.89. The summed E-state index contributed by atoms with van der Waals surface area (Å²) in [7, 11) is 1.53. The van der Waals surface area contributed by atoms with Gasteiger partial charge in [0.1, 0.15) is 0 Å². The lowest BCUT2D eigenvalue weighted by Gasteiger charge is -2.24. The number of nitrogens with zero attached hydrogens (tertiary/aromatic N) is 3. The van der Waals surface area contributed by atoms with E-state index in [9.17, 15) is 4.79 Å². The van der Waals surface area contributed by atoms with Crippen molar-refractivity contribution in [1.82, 2.24) is 15.5 Å². The first-order valence-corrected chi connectivity index (χ1v) is 5.12. The van der Waals surface area contributed by atoms with Gasteiger partial charge >= 0.3 is 11.8 Å². The molecule has 0 unspecified atom stereocenters. The molecule has 1 saturated heterocycles. The van der Waals surface area contributed by atoms with Crippen LogP contribution < -0.4 is 10.2 Å². The number of piperidine rings is 1. The molecular weight excluding hydrogens is 196 g/mol. The molecular formula is C9H14N4O2. The van der Waals surface area contributed by atoms with Crippen LogP contribution in [0.5, 0.6) is 0 Å². The molecule has 15 heavy (non-hydrogen) atoms. The Bertz CT molecular complexity index is 344. The van der Waals surface area contributed by atoms with Gasteiger partial charge in [-0.05, 0) is 24.4 Å². The summed E-state index contributed by atoms with van der Waals surface area (Å²) in [4.78, 5) is 17.3. The van der Waals surface area contributed by atoms with E-state index in [0.717, 1.165) is 25.9 Å². The summed E-state index contributed by atoms with van der Waals surface area (Å²) < 4.78 is 4.86. The molecule has 1 amide bonds. The molecule has 0 atom stereocenters. The monoisotopic (exact) mass is 210 g/mol. The Hall–Kier alpha value is -1.59. The predicted molar refractivity (Wildman–Crippen MR) is 53.8 cm³/mol. The van der Waals surface area contributed by atoms with E-state index in [-0.39, 0.29) is 11.8 Å². The summed E-state index contributed by atoms with van der Waals surface area (Å²) in [6, 6.07) is 0. The number of aromatic nitrogens is 2. The van der Waals surface area contributed by atoms with Crippen LogP contribution >= 0.6 is 0 Å². The van der Waals surface area contributed by atoms with Gasteiger partial charge in [-0.1, -0.05) is 0 Å². The average Bonchev–Trinajstić information content (AvgIpc) is 2.78. The maximum absolute atomic E-state index is 11.2. The predicted octanol–water partition coefficient (Wildman–Crippen LogP) is 0.419. The first kappa shape index (κ1) is 9.95. The summed E-state index contributed by atoms with van der Waals surface area (Å²) >= 11 is 0. The number of carbonyl (C=O) groups excluding carboxylic acids is 1. The molecule has 0 aliphatic carbocycles. The lowest BCUT2D eigenvalue weighted by atomic mass is 10.1. The van der Waals surface area contributed by atoms with Crippen LogP contribution in [0.15, 0.2) is 4.52 Å². The molecule has 1 fully saturated rings. The van der Waals surface area contributed by atoms with E-state index < -0.39 is 0 Å². The van der Waals surface area contributed by atoms with Crippen molar-refractivity contribution >= 4 is 11.9 Å². The maximum Gasteiger partial charge on any atom is 0.317 e. The van der Waals surface area contributed by atoms with Crippen LogP contribution in [0.25, 0.3) is 0 Å². The van der Waals surface area contributed by atoms with Gasteiger partial charge in [-0.25, -0.2) is 0 Å². The second kappa shape index (κ2) is 4.29. The molecule has 1 aliphatic heterocycles. The van der Waals surface area contributed by atoms with Gasteiger partial charge in [0.2, 0.25) is 0 Å². The highest BCUT2D eigenvalue weighted by Gasteiger charge is 2.19. The Labute approximate surface area is 87.6 Å². The second-order valence-electron chi connectivity index (χ2n) is 3.53. The Morgan fingerprint density at radius 2 is 2.13 bits per heavy atom. The Morgan fingerprint density at radius 1 is 1.40 bits per heavy atom. The zero-order valence-corrected chi connectivity index (χ0v) is 8.69. The van der Waals surface area contributed by atoms with Crippen LogP contribution in [0.3, 0.4) is 0 Å². The van der Waals surface area contributed by atoms with E-state index in [1.165, 1.54) is 13.5 Å². The molecule has 1 aromatic heterocycles. The van der Waals surface area contributed by atoms with Crippen molar-refractivity contribution in [2.75, 3.05) is 25.0 Å². The van der Waals surface area contributed by atoms with Gasteiger partial charge in [-0.15, -0.1) is 0 Å². The maximum atomic E-state index is 11.2. The Morgan fingerprint density at radius 3 is 2.80 bits per heavy atom. The zero-order valence-electron chi connectivity index (χ0n) is 8.69. The minimum Gasteiger partial charge on any atom is -0.351 e. The topological polar surface area (TPSA) is 71.3 Å². The number of hydrogen-bond donors (Lipinski definition) is 1. The minimum absolute atomic E-state index is 0.0260. The van der Waals surface area contributed by atoms with Crippen LogP contribution in [0.1, 0.15) is 29.9 Å². The summed E-state index contributed by atoms with van der Waals surface area (Å²) in [5.74, 6) is 0.206. The Balaban J connectivity index is 2.08. The summed E-state index contributed by atoms with van der Waals surface area (Å²) in [6.07, 6.45) is 3.53. The van der Waals surface area contributed by atoms with Gasteiger partial charge < -0.3 is 14.7 Å². The number of anilines is 1. The van der Waals surface area contributed by atoms with Crippen molar-refractivity contribution < 1.29 is 9.32 Å². The highest BCUT2D eigenvalue weighted by Crippen LogP contribution is 2.15. The third-order valence-corrected chi connectivity index (χ3v) is 2.48. The quantitative estimate of drug-likeness (QED) is 0.766. The fourth-order valence-electron chi connectivity index (χ4n) is 1.64. The molecule has 0 radical (unpaired) electrons. The lowest BCUT2D eigenvalue weighted by molar-refractivity contribution is 0.0919. The van der Waals surface area contributed by atoms with Crippen molar-refractivity contribution in [2.24, 2.45) is 0 Å². The third-order valence-electron chi connectivity index (χ3n) is 2.48. The van der Waals surface area contributed by atoms with Gasteiger partial charge in [-0.2, -0.15) is 4.98 Å². The standard InChI is InChI=1S/C9H14N4O2/c1-10-7(14)8-11-9(12-15-8)13-5-3-2-4-6-13/h2-6H2,1H3,(H,10,14). The van der Waals surface area contributed by atoms with E-state index >= 15 is 0 Å². The fourth-order valence-corrected chi connectivity index (χ4v) is 1.64. The molecule has 82 valence electrons. The lowest BCUT2D eigenvalue weighted by Crippen LogP contribution is -2.30. The molecule has 2 rings (SSSR count). The Kier molecular flexibility index (Phi) is 2.84. The van der Waals surface area contributed by atoms with Gasteiger partial charge in [0, 0.05) is 20.1 Å². The second-order valence-corrected chi connectivity index (χ2v) is 3.53. The molecule has 6 nitrogen and oxygen atoms in total. The molecule has 0 bridgehead atoms. The van der Waals surface area contributed by atoms with Crippen LogP contribution in [0.4, 0.5) is 5.95 Å². The van der Waals surface area contributed by atoms with Gasteiger partial charge in [0.15, 0.2) is 0 Å². The fraction of sp³-hybridized carbons (Fsp3) is 0.667. The van der Waals surface area contributed by atoms with Crippen molar-refractivity contribution in [2.45, 2.75) is 19.3 Å². The highest BCUT2D eigenvalue weighted by atomic mass is 16.5. The van der Waals surface area contributed by atoms with Gasteiger partial charge in [0.25, 0.3) is 5.95 Å². The van der Waals surface area contributed by atoms with Gasteiger partial charge in [0.05, 0.1) is 0 Å². The summed E-state index contributed by atoms with van der Waals surface area (Å²) in [5.41, 5.74) is 0. The average molecular weight is 210 g/mol. The largest absolute Gasteiger partial charge is 0.351 e. The van der Waals surface area contributed by atoms with Crippen LogP contribution in [0.2, 0.25) is 0 Å². The number of amides is 1. The molecule has 1 N–H and O–H groups in total. The molecule has 0 saturated carbocycles. The molecule has 0 spiro atoms. The molecule has 2 heterocycles. The van der Waals surface area contributed by atoms with Crippen molar-refractivity contribution in [1.29, 1.82) is 0 Å². The van der Waals surface area contributed by atoms with E-state index in [2.05, 4.69) is 15.5 Å². The van der Waals surface area contributed by atoms with Crippen molar-refractivity contribution in [3.05, 3.63) is 5.89 Å². The zero-order chi connectivity index (χ0) is 10.7. The number of rotatable bonds is 2. The molecule has 1 aliphatic rings. The van der Waals surface area contributed by atoms with E-state index in [0.29, 0.717) is 5.95 Å². The van der Waals surface area contributed by atoms with E-state index in [4.69, 9.17) is 4.52 Å². The first-order valence-electron chi connectivity index (χ1n) is 5.12. The number of nitrogens with one attached hydrogen (secondary N) is 1. The SMILES string of the molecule is CNC(=O)c1nc(N2CCCCC2)no1. The third kappa shape index (κ3) is 2.08. The smallest absolute Gasteiger partial charge is 0.317 e. The molecule has 1 aromatic rings. The molecule has 0 aromatic carbocycles. The number of hydrogen-bond acceptors (Lipinski definition) is 5. The van der Waals surface area contributed by atoms with E-state index in [1.54, 1.807) is 0 Å². The molecule has 6 heteroatoms. The van der Waals surface area contributed by atoms with Crippen molar-refractivity contribution in [3.63, 3.8) is 0 Å². The summed E-state index contributed by atoms with van der Waals surface area (Å²) in [6.45, 7) is 1.87. The van der Waals surface area contributed by atoms with Crippen molar-refractivity contribution in [3.8, 4) is 0 Å². The van der Waals surface area contributed by atoms with E-state index in [1.807, 2.05) is 4.90 Å². The summed E-state index contributed by atoms with van der Waals surface area (Å²) in [5, 5.41) is 6.23. The van der Waals surface area contributed by atoms with Crippen LogP contribution in [-0.4, -0.2) is 36.2 Å². The van der Waals surface area contributed by atoms with Crippen LogP contribution in [0, 0.1) is 0 Å². The number of carbonyl (C=O) groups is 1. The van der Waals surface area contributed by atoms with Crippen LogP contribution in [-0.2, 0) is 0 Å². The first-order chi connectivity index (χ1) is 7.31.